The van der Waals surface area contributed by atoms with Crippen molar-refractivity contribution >= 4 is 5.97 Å². The van der Waals surface area contributed by atoms with Crippen LogP contribution in [0.2, 0.25) is 0 Å². The first-order valence-electron chi connectivity index (χ1n) is 4.20. The van der Waals surface area contributed by atoms with Gasteiger partial charge in [-0.1, -0.05) is 19.3 Å². The molecular formula is C8H15NO2. The van der Waals surface area contributed by atoms with Crippen molar-refractivity contribution in [2.75, 3.05) is 0 Å². The van der Waals surface area contributed by atoms with Crippen LogP contribution in [0, 0.1) is 5.92 Å². The highest BCUT2D eigenvalue weighted by molar-refractivity contribution is 5.73. The molecule has 0 heterocycles. The molecule has 1 fully saturated rings. The van der Waals surface area contributed by atoms with E-state index >= 15 is 0 Å². The van der Waals surface area contributed by atoms with Gasteiger partial charge in [0.05, 0.1) is 0 Å². The van der Waals surface area contributed by atoms with Gasteiger partial charge in [-0.15, -0.1) is 0 Å². The lowest BCUT2D eigenvalue weighted by Crippen LogP contribution is -2.38. The molecule has 0 radical (unpaired) electrons. The summed E-state index contributed by atoms with van der Waals surface area (Å²) in [7, 11) is 0. The lowest BCUT2D eigenvalue weighted by molar-refractivity contribution is -0.140. The van der Waals surface area contributed by atoms with Gasteiger partial charge in [-0.05, 0) is 18.8 Å². The van der Waals surface area contributed by atoms with Gasteiger partial charge in [-0.3, -0.25) is 4.79 Å². The van der Waals surface area contributed by atoms with E-state index in [1.54, 1.807) is 0 Å². The maximum absolute atomic E-state index is 10.5. The van der Waals surface area contributed by atoms with Gasteiger partial charge in [0.1, 0.15) is 6.04 Å². The molecule has 0 aromatic heterocycles. The molecule has 0 bridgehead atoms. The predicted molar refractivity (Wildman–Crippen MR) is 42.2 cm³/mol. The molecule has 3 N–H and O–H groups in total. The summed E-state index contributed by atoms with van der Waals surface area (Å²) in [5.41, 5.74) is 5.49. The van der Waals surface area contributed by atoms with Crippen molar-refractivity contribution in [3.8, 4) is 0 Å². The summed E-state index contributed by atoms with van der Waals surface area (Å²) in [6.45, 7) is 0. The number of rotatable bonds is 2. The van der Waals surface area contributed by atoms with Gasteiger partial charge in [-0.2, -0.15) is 0 Å². The van der Waals surface area contributed by atoms with Crippen LogP contribution in [-0.2, 0) is 4.79 Å². The highest BCUT2D eigenvalue weighted by Gasteiger charge is 2.25. The first-order chi connectivity index (χ1) is 5.22. The lowest BCUT2D eigenvalue weighted by Gasteiger charge is -2.24. The van der Waals surface area contributed by atoms with E-state index in [9.17, 15) is 4.79 Å². The Morgan fingerprint density at radius 2 is 1.91 bits per heavy atom. The van der Waals surface area contributed by atoms with Crippen LogP contribution in [0.15, 0.2) is 0 Å². The minimum absolute atomic E-state index is 0.223. The van der Waals surface area contributed by atoms with Gasteiger partial charge in [-0.25, -0.2) is 0 Å². The maximum Gasteiger partial charge on any atom is 0.320 e. The van der Waals surface area contributed by atoms with E-state index in [4.69, 9.17) is 10.8 Å². The topological polar surface area (TPSA) is 63.3 Å². The summed E-state index contributed by atoms with van der Waals surface area (Å²) in [6, 6.07) is -0.629. The van der Waals surface area contributed by atoms with E-state index in [-0.39, 0.29) is 5.92 Å². The van der Waals surface area contributed by atoms with E-state index in [1.807, 2.05) is 0 Å². The van der Waals surface area contributed by atoms with Crippen LogP contribution in [0.1, 0.15) is 32.1 Å². The Morgan fingerprint density at radius 1 is 1.36 bits per heavy atom. The molecule has 3 nitrogen and oxygen atoms in total. The number of aliphatic carboxylic acids is 1. The fourth-order valence-electron chi connectivity index (χ4n) is 1.69. The fraction of sp³-hybridized carbons (Fsp3) is 0.875. The number of hydrogen-bond donors (Lipinski definition) is 2. The molecule has 0 aliphatic heterocycles. The van der Waals surface area contributed by atoms with Crippen LogP contribution < -0.4 is 5.73 Å². The van der Waals surface area contributed by atoms with Gasteiger partial charge in [0.2, 0.25) is 0 Å². The van der Waals surface area contributed by atoms with Gasteiger partial charge >= 0.3 is 5.97 Å². The van der Waals surface area contributed by atoms with Gasteiger partial charge < -0.3 is 10.8 Å². The summed E-state index contributed by atoms with van der Waals surface area (Å²) >= 11 is 0. The van der Waals surface area contributed by atoms with Crippen molar-refractivity contribution in [1.29, 1.82) is 0 Å². The van der Waals surface area contributed by atoms with E-state index in [0.29, 0.717) is 0 Å². The average molecular weight is 157 g/mol. The molecule has 0 aromatic rings. The zero-order valence-corrected chi connectivity index (χ0v) is 6.62. The van der Waals surface area contributed by atoms with E-state index in [1.165, 1.54) is 6.42 Å². The maximum atomic E-state index is 10.5. The van der Waals surface area contributed by atoms with E-state index in [0.717, 1.165) is 25.7 Å². The highest BCUT2D eigenvalue weighted by Crippen LogP contribution is 2.25. The summed E-state index contributed by atoms with van der Waals surface area (Å²) < 4.78 is 0. The standard InChI is InChI=1S/C8H15NO2/c9-7(8(10)11)6-4-2-1-3-5-6/h6-7H,1-5,9H2,(H,10,11). The molecule has 0 amide bonds. The smallest absolute Gasteiger partial charge is 0.320 e. The summed E-state index contributed by atoms with van der Waals surface area (Å²) in [4.78, 5) is 10.5. The monoisotopic (exact) mass is 157 g/mol. The molecule has 1 aliphatic rings. The molecule has 1 rings (SSSR count). The molecular weight excluding hydrogens is 142 g/mol. The van der Waals surface area contributed by atoms with Gasteiger partial charge in [0.15, 0.2) is 0 Å². The third-order valence-corrected chi connectivity index (χ3v) is 2.44. The molecule has 1 atom stereocenters. The van der Waals surface area contributed by atoms with Crippen molar-refractivity contribution in [2.45, 2.75) is 38.1 Å². The molecule has 11 heavy (non-hydrogen) atoms. The number of carboxylic acids is 1. The van der Waals surface area contributed by atoms with E-state index < -0.39 is 12.0 Å². The number of carbonyl (C=O) groups is 1. The predicted octanol–water partition coefficient (Wildman–Crippen LogP) is 0.979. The molecule has 0 spiro atoms. The van der Waals surface area contributed by atoms with E-state index in [2.05, 4.69) is 0 Å². The Kier molecular flexibility index (Phi) is 2.88. The largest absolute Gasteiger partial charge is 0.480 e. The lowest BCUT2D eigenvalue weighted by atomic mass is 9.84. The zero-order chi connectivity index (χ0) is 8.27. The Bertz CT molecular complexity index is 141. The minimum atomic E-state index is -0.850. The van der Waals surface area contributed by atoms with Crippen LogP contribution in [0.5, 0.6) is 0 Å². The minimum Gasteiger partial charge on any atom is -0.480 e. The SMILES string of the molecule is NC(C(=O)O)C1CCCCC1. The summed E-state index contributed by atoms with van der Waals surface area (Å²) in [5, 5.41) is 8.61. The molecule has 1 aliphatic carbocycles. The van der Waals surface area contributed by atoms with Crippen molar-refractivity contribution < 1.29 is 9.90 Å². The fourth-order valence-corrected chi connectivity index (χ4v) is 1.69. The zero-order valence-electron chi connectivity index (χ0n) is 6.62. The molecule has 0 saturated heterocycles. The first-order valence-corrected chi connectivity index (χ1v) is 4.20. The Morgan fingerprint density at radius 3 is 2.36 bits per heavy atom. The van der Waals surface area contributed by atoms with Crippen LogP contribution in [0.25, 0.3) is 0 Å². The van der Waals surface area contributed by atoms with Crippen molar-refractivity contribution in [3.63, 3.8) is 0 Å². The number of hydrogen-bond acceptors (Lipinski definition) is 2. The molecule has 3 heteroatoms. The quantitative estimate of drug-likeness (QED) is 0.628. The second-order valence-electron chi connectivity index (χ2n) is 3.26. The number of carboxylic acid groups (broad SMARTS) is 1. The van der Waals surface area contributed by atoms with Crippen molar-refractivity contribution in [1.82, 2.24) is 0 Å². The molecule has 0 aromatic carbocycles. The highest BCUT2D eigenvalue weighted by atomic mass is 16.4. The first kappa shape index (κ1) is 8.53. The third kappa shape index (κ3) is 2.19. The molecule has 1 saturated carbocycles. The molecule has 1 unspecified atom stereocenters. The van der Waals surface area contributed by atoms with Crippen LogP contribution in [-0.4, -0.2) is 17.1 Å². The van der Waals surface area contributed by atoms with Crippen LogP contribution in [0.4, 0.5) is 0 Å². The van der Waals surface area contributed by atoms with Gasteiger partial charge in [0.25, 0.3) is 0 Å². The van der Waals surface area contributed by atoms with Crippen LogP contribution >= 0.6 is 0 Å². The third-order valence-electron chi connectivity index (χ3n) is 2.44. The average Bonchev–Trinajstić information content (AvgIpc) is 2.05. The van der Waals surface area contributed by atoms with Gasteiger partial charge in [0, 0.05) is 0 Å². The Labute approximate surface area is 66.6 Å². The van der Waals surface area contributed by atoms with Crippen LogP contribution in [0.3, 0.4) is 0 Å². The summed E-state index contributed by atoms with van der Waals surface area (Å²) in [6.07, 6.45) is 5.51. The van der Waals surface area contributed by atoms with Crippen molar-refractivity contribution in [2.24, 2.45) is 11.7 Å². The van der Waals surface area contributed by atoms with Crippen molar-refractivity contribution in [3.05, 3.63) is 0 Å². The number of nitrogens with two attached hydrogens (primary N) is 1. The second-order valence-corrected chi connectivity index (χ2v) is 3.26. The normalized spacial score (nSPS) is 23.0. The molecule has 64 valence electrons. The Hall–Kier alpha value is -0.570. The second kappa shape index (κ2) is 3.72. The Balaban J connectivity index is 2.38. The summed E-state index contributed by atoms with van der Waals surface area (Å²) in [5.74, 6) is -0.627.